The van der Waals surface area contributed by atoms with Gasteiger partial charge in [-0.2, -0.15) is 0 Å². The van der Waals surface area contributed by atoms with Gasteiger partial charge in [0.25, 0.3) is 0 Å². The van der Waals surface area contributed by atoms with Crippen LogP contribution < -0.4 is 0 Å². The molecule has 0 atom stereocenters. The molecule has 16 heavy (non-hydrogen) atoms. The van der Waals surface area contributed by atoms with Crippen molar-refractivity contribution >= 4 is 22.6 Å². The molecule has 0 spiro atoms. The van der Waals surface area contributed by atoms with Gasteiger partial charge in [0.2, 0.25) is 0 Å². The Bertz CT molecular complexity index is 623. The Hall–Kier alpha value is -1.73. The summed E-state index contributed by atoms with van der Waals surface area (Å²) in [7, 11) is 0. The third kappa shape index (κ3) is 1.50. The van der Waals surface area contributed by atoms with Gasteiger partial charge in [0.15, 0.2) is 0 Å². The van der Waals surface area contributed by atoms with E-state index in [0.717, 1.165) is 21.6 Å². The second kappa shape index (κ2) is 3.69. The SMILES string of the molecule is Clc1ccc(-c2cccc3occc23)cc1. The highest BCUT2D eigenvalue weighted by Gasteiger charge is 2.04. The lowest BCUT2D eigenvalue weighted by molar-refractivity contribution is 0.616. The molecule has 1 aromatic heterocycles. The van der Waals surface area contributed by atoms with Crippen molar-refractivity contribution < 1.29 is 4.42 Å². The van der Waals surface area contributed by atoms with E-state index in [2.05, 4.69) is 6.07 Å². The normalized spacial score (nSPS) is 10.8. The fourth-order valence-electron chi connectivity index (χ4n) is 1.88. The molecule has 0 bridgehead atoms. The number of furan rings is 1. The van der Waals surface area contributed by atoms with Gasteiger partial charge in [0, 0.05) is 10.4 Å². The lowest BCUT2D eigenvalue weighted by Crippen LogP contribution is -1.77. The summed E-state index contributed by atoms with van der Waals surface area (Å²) >= 11 is 5.88. The summed E-state index contributed by atoms with van der Waals surface area (Å²) in [5.41, 5.74) is 3.23. The van der Waals surface area contributed by atoms with Crippen molar-refractivity contribution in [2.75, 3.05) is 0 Å². The minimum Gasteiger partial charge on any atom is -0.464 e. The van der Waals surface area contributed by atoms with Gasteiger partial charge in [-0.1, -0.05) is 35.9 Å². The van der Waals surface area contributed by atoms with Crippen molar-refractivity contribution in [1.82, 2.24) is 0 Å². The molecule has 0 unspecified atom stereocenters. The molecule has 3 rings (SSSR count). The van der Waals surface area contributed by atoms with E-state index in [1.807, 2.05) is 42.5 Å². The molecule has 0 radical (unpaired) electrons. The molecule has 2 heteroatoms. The van der Waals surface area contributed by atoms with E-state index >= 15 is 0 Å². The van der Waals surface area contributed by atoms with Gasteiger partial charge >= 0.3 is 0 Å². The zero-order chi connectivity index (χ0) is 11.0. The fourth-order valence-corrected chi connectivity index (χ4v) is 2.00. The topological polar surface area (TPSA) is 13.1 Å². The van der Waals surface area contributed by atoms with Crippen LogP contribution in [0.4, 0.5) is 0 Å². The predicted octanol–water partition coefficient (Wildman–Crippen LogP) is 4.75. The Morgan fingerprint density at radius 3 is 2.50 bits per heavy atom. The molecule has 1 heterocycles. The van der Waals surface area contributed by atoms with Crippen LogP contribution in [0.2, 0.25) is 5.02 Å². The summed E-state index contributed by atoms with van der Waals surface area (Å²) in [6, 6.07) is 15.9. The van der Waals surface area contributed by atoms with E-state index in [0.29, 0.717) is 0 Å². The highest BCUT2D eigenvalue weighted by atomic mass is 35.5. The smallest absolute Gasteiger partial charge is 0.134 e. The Kier molecular flexibility index (Phi) is 2.19. The third-order valence-corrected chi connectivity index (χ3v) is 2.90. The van der Waals surface area contributed by atoms with Gasteiger partial charge in [-0.05, 0) is 35.4 Å². The summed E-state index contributed by atoms with van der Waals surface area (Å²) in [6.07, 6.45) is 1.71. The van der Waals surface area contributed by atoms with Gasteiger partial charge < -0.3 is 4.42 Å². The average molecular weight is 229 g/mol. The molecule has 78 valence electrons. The van der Waals surface area contributed by atoms with E-state index in [-0.39, 0.29) is 0 Å². The first-order chi connectivity index (χ1) is 7.84. The molecule has 3 aromatic rings. The highest BCUT2D eigenvalue weighted by molar-refractivity contribution is 6.30. The molecule has 2 aromatic carbocycles. The first-order valence-electron chi connectivity index (χ1n) is 5.07. The van der Waals surface area contributed by atoms with Crippen LogP contribution >= 0.6 is 11.6 Å². The Balaban J connectivity index is 2.25. The van der Waals surface area contributed by atoms with Crippen LogP contribution in [0.3, 0.4) is 0 Å². The van der Waals surface area contributed by atoms with Gasteiger partial charge in [-0.3, -0.25) is 0 Å². The molecule has 0 aliphatic heterocycles. The number of fused-ring (bicyclic) bond motifs is 1. The summed E-state index contributed by atoms with van der Waals surface area (Å²) in [6.45, 7) is 0. The lowest BCUT2D eigenvalue weighted by Gasteiger charge is -2.02. The molecule has 0 fully saturated rings. The number of hydrogen-bond donors (Lipinski definition) is 0. The Labute approximate surface area is 98.3 Å². The van der Waals surface area contributed by atoms with Gasteiger partial charge in [0.05, 0.1) is 6.26 Å². The predicted molar refractivity (Wildman–Crippen MR) is 66.7 cm³/mol. The summed E-state index contributed by atoms with van der Waals surface area (Å²) in [5.74, 6) is 0. The molecular formula is C14H9ClO. The van der Waals surface area contributed by atoms with Gasteiger partial charge in [0.1, 0.15) is 5.58 Å². The second-order valence-corrected chi connectivity index (χ2v) is 4.08. The quantitative estimate of drug-likeness (QED) is 0.586. The maximum absolute atomic E-state index is 5.88. The van der Waals surface area contributed by atoms with Crippen LogP contribution in [0.1, 0.15) is 0 Å². The molecule has 0 saturated heterocycles. The molecule has 0 aliphatic rings. The standard InChI is InChI=1S/C14H9ClO/c15-11-6-4-10(5-7-11)12-2-1-3-14-13(12)8-9-16-14/h1-9H. The van der Waals surface area contributed by atoms with Gasteiger partial charge in [-0.25, -0.2) is 0 Å². The van der Waals surface area contributed by atoms with Crippen molar-refractivity contribution in [2.24, 2.45) is 0 Å². The zero-order valence-electron chi connectivity index (χ0n) is 8.48. The monoisotopic (exact) mass is 228 g/mol. The van der Waals surface area contributed by atoms with Crippen molar-refractivity contribution in [3.63, 3.8) is 0 Å². The number of halogens is 1. The zero-order valence-corrected chi connectivity index (χ0v) is 9.24. The van der Waals surface area contributed by atoms with Crippen LogP contribution in [0, 0.1) is 0 Å². The molecular weight excluding hydrogens is 220 g/mol. The van der Waals surface area contributed by atoms with Crippen LogP contribution in [-0.4, -0.2) is 0 Å². The minimum atomic E-state index is 0.753. The summed E-state index contributed by atoms with van der Waals surface area (Å²) < 4.78 is 5.38. The van der Waals surface area contributed by atoms with E-state index in [4.69, 9.17) is 16.0 Å². The maximum atomic E-state index is 5.88. The third-order valence-electron chi connectivity index (χ3n) is 2.65. The molecule has 0 N–H and O–H groups in total. The molecule has 0 amide bonds. The fraction of sp³-hybridized carbons (Fsp3) is 0. The highest BCUT2D eigenvalue weighted by Crippen LogP contribution is 2.29. The van der Waals surface area contributed by atoms with Crippen molar-refractivity contribution in [3.05, 3.63) is 59.8 Å². The largest absolute Gasteiger partial charge is 0.464 e. The van der Waals surface area contributed by atoms with Crippen LogP contribution in [0.15, 0.2) is 59.2 Å². The van der Waals surface area contributed by atoms with Crippen molar-refractivity contribution in [3.8, 4) is 11.1 Å². The molecule has 0 saturated carbocycles. The van der Waals surface area contributed by atoms with Crippen molar-refractivity contribution in [1.29, 1.82) is 0 Å². The summed E-state index contributed by atoms with van der Waals surface area (Å²) in [5, 5.41) is 1.88. The first kappa shape index (κ1) is 9.49. The van der Waals surface area contributed by atoms with E-state index in [1.165, 1.54) is 5.56 Å². The Morgan fingerprint density at radius 1 is 0.875 bits per heavy atom. The number of rotatable bonds is 1. The van der Waals surface area contributed by atoms with Crippen LogP contribution in [-0.2, 0) is 0 Å². The van der Waals surface area contributed by atoms with Crippen LogP contribution in [0.5, 0.6) is 0 Å². The molecule has 1 nitrogen and oxygen atoms in total. The van der Waals surface area contributed by atoms with E-state index in [9.17, 15) is 0 Å². The average Bonchev–Trinajstić information content (AvgIpc) is 2.78. The molecule has 0 aliphatic carbocycles. The van der Waals surface area contributed by atoms with E-state index < -0.39 is 0 Å². The Morgan fingerprint density at radius 2 is 1.69 bits per heavy atom. The number of benzene rings is 2. The van der Waals surface area contributed by atoms with Crippen molar-refractivity contribution in [2.45, 2.75) is 0 Å². The first-order valence-corrected chi connectivity index (χ1v) is 5.44. The number of hydrogen-bond acceptors (Lipinski definition) is 1. The lowest BCUT2D eigenvalue weighted by atomic mass is 10.0. The van der Waals surface area contributed by atoms with Gasteiger partial charge in [-0.15, -0.1) is 0 Å². The second-order valence-electron chi connectivity index (χ2n) is 3.64. The summed E-state index contributed by atoms with van der Waals surface area (Å²) in [4.78, 5) is 0. The van der Waals surface area contributed by atoms with Crippen LogP contribution in [0.25, 0.3) is 22.1 Å². The minimum absolute atomic E-state index is 0.753. The van der Waals surface area contributed by atoms with E-state index in [1.54, 1.807) is 6.26 Å². The maximum Gasteiger partial charge on any atom is 0.134 e.